The summed E-state index contributed by atoms with van der Waals surface area (Å²) in [5.74, 6) is 1.02. The minimum absolute atomic E-state index is 0.0590. The number of hydrogen-bond acceptors (Lipinski definition) is 3. The number of fused-ring (bicyclic) bond motifs is 1. The third-order valence-electron chi connectivity index (χ3n) is 3.94. The maximum Gasteiger partial charge on any atom is 0.125 e. The lowest BCUT2D eigenvalue weighted by atomic mass is 9.97. The smallest absolute Gasteiger partial charge is 0.125 e. The SMILES string of the molecule is CCc1nn(C)cc1C(N)Cc1cc(Br)cc2c1OCC2. The average Bonchev–Trinajstić information content (AvgIpc) is 3.04. The molecule has 0 amide bonds. The zero-order valence-corrected chi connectivity index (χ0v) is 14.0. The fraction of sp³-hybridized carbons (Fsp3) is 0.438. The van der Waals surface area contributed by atoms with Crippen LogP contribution in [-0.2, 0) is 26.3 Å². The van der Waals surface area contributed by atoms with Crippen LogP contribution in [0.5, 0.6) is 5.75 Å². The van der Waals surface area contributed by atoms with Crippen LogP contribution in [0.3, 0.4) is 0 Å². The Kier molecular flexibility index (Phi) is 4.04. The predicted octanol–water partition coefficient (Wildman–Crippen LogP) is 2.92. The maximum absolute atomic E-state index is 6.44. The van der Waals surface area contributed by atoms with Gasteiger partial charge >= 0.3 is 0 Å². The molecule has 5 heteroatoms. The molecule has 0 saturated heterocycles. The normalized spacial score (nSPS) is 14.9. The summed E-state index contributed by atoms with van der Waals surface area (Å²) < 4.78 is 8.72. The van der Waals surface area contributed by atoms with Crippen molar-refractivity contribution in [3.63, 3.8) is 0 Å². The molecule has 2 N–H and O–H groups in total. The van der Waals surface area contributed by atoms with Crippen LogP contribution in [0.15, 0.2) is 22.8 Å². The molecule has 1 aliphatic heterocycles. The summed E-state index contributed by atoms with van der Waals surface area (Å²) in [7, 11) is 1.94. The fourth-order valence-corrected chi connectivity index (χ4v) is 3.53. The van der Waals surface area contributed by atoms with Gasteiger partial charge in [-0.15, -0.1) is 0 Å². The van der Waals surface area contributed by atoms with Gasteiger partial charge in [-0.3, -0.25) is 4.68 Å². The second kappa shape index (κ2) is 5.81. The molecule has 112 valence electrons. The highest BCUT2D eigenvalue weighted by Crippen LogP contribution is 2.35. The average molecular weight is 350 g/mol. The maximum atomic E-state index is 6.44. The highest BCUT2D eigenvalue weighted by atomic mass is 79.9. The summed E-state index contributed by atoms with van der Waals surface area (Å²) in [6, 6.07) is 4.20. The van der Waals surface area contributed by atoms with Gasteiger partial charge in [-0.25, -0.2) is 0 Å². The van der Waals surface area contributed by atoms with Crippen LogP contribution in [0, 0.1) is 0 Å². The van der Waals surface area contributed by atoms with E-state index in [2.05, 4.69) is 40.1 Å². The Morgan fingerprint density at radius 3 is 3.05 bits per heavy atom. The Morgan fingerprint density at radius 2 is 2.29 bits per heavy atom. The number of hydrogen-bond donors (Lipinski definition) is 1. The van der Waals surface area contributed by atoms with Crippen molar-refractivity contribution in [2.75, 3.05) is 6.61 Å². The van der Waals surface area contributed by atoms with E-state index in [4.69, 9.17) is 10.5 Å². The molecule has 2 aromatic rings. The first-order valence-corrected chi connectivity index (χ1v) is 8.10. The van der Waals surface area contributed by atoms with Gasteiger partial charge in [0, 0.05) is 35.7 Å². The zero-order valence-electron chi connectivity index (χ0n) is 12.4. The van der Waals surface area contributed by atoms with Crippen molar-refractivity contribution in [3.8, 4) is 5.75 Å². The second-order valence-corrected chi connectivity index (χ2v) is 6.44. The van der Waals surface area contributed by atoms with Crippen LogP contribution < -0.4 is 10.5 Å². The van der Waals surface area contributed by atoms with E-state index in [1.807, 2.05) is 17.9 Å². The number of aryl methyl sites for hydroxylation is 2. The molecule has 1 aromatic carbocycles. The third kappa shape index (κ3) is 2.85. The molecule has 1 unspecified atom stereocenters. The summed E-state index contributed by atoms with van der Waals surface area (Å²) in [4.78, 5) is 0. The monoisotopic (exact) mass is 349 g/mol. The van der Waals surface area contributed by atoms with Crippen molar-refractivity contribution < 1.29 is 4.74 Å². The quantitative estimate of drug-likeness (QED) is 0.923. The van der Waals surface area contributed by atoms with Gasteiger partial charge in [0.2, 0.25) is 0 Å². The van der Waals surface area contributed by atoms with Crippen LogP contribution in [-0.4, -0.2) is 16.4 Å². The number of halogens is 1. The molecule has 0 aliphatic carbocycles. The number of rotatable bonds is 4. The molecule has 3 rings (SSSR count). The van der Waals surface area contributed by atoms with Gasteiger partial charge in [-0.1, -0.05) is 22.9 Å². The van der Waals surface area contributed by atoms with Crippen LogP contribution in [0.25, 0.3) is 0 Å². The molecule has 1 aromatic heterocycles. The van der Waals surface area contributed by atoms with E-state index in [-0.39, 0.29) is 6.04 Å². The van der Waals surface area contributed by atoms with E-state index in [0.717, 1.165) is 47.3 Å². The Bertz CT molecular complexity index is 666. The Hall–Kier alpha value is -1.33. The molecule has 0 saturated carbocycles. The van der Waals surface area contributed by atoms with Crippen molar-refractivity contribution in [3.05, 3.63) is 45.2 Å². The molecule has 1 aliphatic rings. The summed E-state index contributed by atoms with van der Waals surface area (Å²) in [6.45, 7) is 2.87. The van der Waals surface area contributed by atoms with Crippen molar-refractivity contribution in [2.24, 2.45) is 12.8 Å². The van der Waals surface area contributed by atoms with Crippen LogP contribution in [0.1, 0.15) is 35.3 Å². The Morgan fingerprint density at radius 1 is 1.48 bits per heavy atom. The van der Waals surface area contributed by atoms with Crippen molar-refractivity contribution in [1.29, 1.82) is 0 Å². The van der Waals surface area contributed by atoms with E-state index >= 15 is 0 Å². The third-order valence-corrected chi connectivity index (χ3v) is 4.39. The molecule has 4 nitrogen and oxygen atoms in total. The largest absolute Gasteiger partial charge is 0.493 e. The first-order chi connectivity index (χ1) is 10.1. The minimum atomic E-state index is -0.0590. The van der Waals surface area contributed by atoms with E-state index in [9.17, 15) is 0 Å². The molecule has 0 fully saturated rings. The van der Waals surface area contributed by atoms with Gasteiger partial charge in [-0.2, -0.15) is 5.10 Å². The first kappa shape index (κ1) is 14.6. The highest BCUT2D eigenvalue weighted by Gasteiger charge is 2.21. The standard InChI is InChI=1S/C16H20BrN3O/c1-3-15-13(9-20(2)19-15)14(18)8-11-7-12(17)6-10-4-5-21-16(10)11/h6-7,9,14H,3-5,8,18H2,1-2H3. The topological polar surface area (TPSA) is 53.1 Å². The molecule has 1 atom stereocenters. The van der Waals surface area contributed by atoms with Crippen molar-refractivity contribution >= 4 is 15.9 Å². The van der Waals surface area contributed by atoms with Crippen LogP contribution in [0.2, 0.25) is 0 Å². The number of nitrogens with zero attached hydrogens (tertiary/aromatic N) is 2. The second-order valence-electron chi connectivity index (χ2n) is 5.52. The van der Waals surface area contributed by atoms with E-state index in [1.165, 1.54) is 11.1 Å². The molecular formula is C16H20BrN3O. The van der Waals surface area contributed by atoms with Gasteiger partial charge in [-0.05, 0) is 36.1 Å². The van der Waals surface area contributed by atoms with Crippen molar-refractivity contribution in [1.82, 2.24) is 9.78 Å². The predicted molar refractivity (Wildman–Crippen MR) is 86.6 cm³/mol. The zero-order chi connectivity index (χ0) is 15.0. The Balaban J connectivity index is 1.90. The van der Waals surface area contributed by atoms with Gasteiger partial charge < -0.3 is 10.5 Å². The lowest BCUT2D eigenvalue weighted by molar-refractivity contribution is 0.352. The highest BCUT2D eigenvalue weighted by molar-refractivity contribution is 9.10. The first-order valence-electron chi connectivity index (χ1n) is 7.30. The molecule has 2 heterocycles. The fourth-order valence-electron chi connectivity index (χ4n) is 2.98. The van der Waals surface area contributed by atoms with Gasteiger partial charge in [0.05, 0.1) is 12.3 Å². The number of nitrogens with two attached hydrogens (primary N) is 1. The summed E-state index contributed by atoms with van der Waals surface area (Å²) in [5.41, 5.74) is 11.1. The molecule has 0 radical (unpaired) electrons. The molecule has 21 heavy (non-hydrogen) atoms. The number of benzene rings is 1. The summed E-state index contributed by atoms with van der Waals surface area (Å²) >= 11 is 3.58. The van der Waals surface area contributed by atoms with Gasteiger partial charge in [0.1, 0.15) is 5.75 Å². The van der Waals surface area contributed by atoms with E-state index in [0.29, 0.717) is 0 Å². The number of ether oxygens (including phenoxy) is 1. The lowest BCUT2D eigenvalue weighted by Crippen LogP contribution is -2.15. The Labute approximate surface area is 133 Å². The van der Waals surface area contributed by atoms with Gasteiger partial charge in [0.15, 0.2) is 0 Å². The minimum Gasteiger partial charge on any atom is -0.493 e. The molecular weight excluding hydrogens is 330 g/mol. The van der Waals surface area contributed by atoms with Crippen LogP contribution in [0.4, 0.5) is 0 Å². The molecule has 0 bridgehead atoms. The van der Waals surface area contributed by atoms with E-state index in [1.54, 1.807) is 0 Å². The summed E-state index contributed by atoms with van der Waals surface area (Å²) in [5, 5.41) is 4.48. The van der Waals surface area contributed by atoms with Gasteiger partial charge in [0.25, 0.3) is 0 Å². The van der Waals surface area contributed by atoms with Crippen molar-refractivity contribution in [2.45, 2.75) is 32.2 Å². The lowest BCUT2D eigenvalue weighted by Gasteiger charge is -2.14. The number of aromatic nitrogens is 2. The van der Waals surface area contributed by atoms with E-state index < -0.39 is 0 Å². The van der Waals surface area contributed by atoms with Crippen LogP contribution >= 0.6 is 15.9 Å². The summed E-state index contributed by atoms with van der Waals surface area (Å²) in [6.07, 6.45) is 4.67. The molecule has 0 spiro atoms.